The van der Waals surface area contributed by atoms with Gasteiger partial charge in [-0.15, -0.1) is 0 Å². The molecule has 0 fully saturated rings. The first-order chi connectivity index (χ1) is 10.2. The Labute approximate surface area is 134 Å². The first-order valence-electron chi connectivity index (χ1n) is 8.27. The quantitative estimate of drug-likeness (QED) is 0.744. The summed E-state index contributed by atoms with van der Waals surface area (Å²) in [6, 6.07) is 7.81. The third-order valence-corrected chi connectivity index (χ3v) is 12.3. The molecule has 0 aliphatic carbocycles. The highest BCUT2D eigenvalue weighted by Crippen LogP contribution is 2.41. The fraction of sp³-hybridized carbons (Fsp3) is 0.526. The number of hydrogen-bond acceptors (Lipinski definition) is 2. The normalized spacial score (nSPS) is 12.8. The number of fused-ring (bicyclic) bond motifs is 1. The number of benzene rings is 1. The second-order valence-electron chi connectivity index (χ2n) is 7.29. The zero-order chi connectivity index (χ0) is 16.7. The van der Waals surface area contributed by atoms with E-state index in [0.29, 0.717) is 22.0 Å². The van der Waals surface area contributed by atoms with Gasteiger partial charge in [0, 0.05) is 0 Å². The van der Waals surface area contributed by atoms with Crippen LogP contribution in [0.25, 0.3) is 10.8 Å². The van der Waals surface area contributed by atoms with Crippen LogP contribution < -0.4 is 11.0 Å². The van der Waals surface area contributed by atoms with Crippen LogP contribution >= 0.6 is 0 Å². The average molecular weight is 317 g/mol. The lowest BCUT2D eigenvalue weighted by Crippen LogP contribution is -2.57. The lowest BCUT2D eigenvalue weighted by atomic mass is 10.1. The minimum absolute atomic E-state index is 0.185. The van der Waals surface area contributed by atoms with E-state index in [2.05, 4.69) is 48.5 Å². The van der Waals surface area contributed by atoms with Gasteiger partial charge in [-0.2, -0.15) is 0 Å². The van der Waals surface area contributed by atoms with E-state index in [9.17, 15) is 4.79 Å². The van der Waals surface area contributed by atoms with E-state index in [0.717, 1.165) is 16.3 Å². The maximum atomic E-state index is 12.5. The second-order valence-corrected chi connectivity index (χ2v) is 13.1. The van der Waals surface area contributed by atoms with Crippen molar-refractivity contribution in [3.8, 4) is 0 Å². The second kappa shape index (κ2) is 6.03. The maximum absolute atomic E-state index is 12.5. The van der Waals surface area contributed by atoms with Crippen LogP contribution in [0.2, 0.25) is 16.6 Å². The van der Waals surface area contributed by atoms with Crippen LogP contribution in [0.1, 0.15) is 47.1 Å². The Bertz CT molecular complexity index is 704. The monoisotopic (exact) mass is 316 g/mol. The summed E-state index contributed by atoms with van der Waals surface area (Å²) in [6.07, 6.45) is 0. The zero-order valence-electron chi connectivity index (χ0n) is 14.9. The van der Waals surface area contributed by atoms with Crippen molar-refractivity contribution in [2.75, 3.05) is 0 Å². The van der Waals surface area contributed by atoms with Gasteiger partial charge in [0.25, 0.3) is 0 Å². The highest BCUT2D eigenvalue weighted by Gasteiger charge is 2.48. The Balaban J connectivity index is 2.92. The minimum atomic E-state index is -1.96. The molecule has 0 amide bonds. The highest BCUT2D eigenvalue weighted by atomic mass is 28.3. The first kappa shape index (κ1) is 17.0. The van der Waals surface area contributed by atoms with Gasteiger partial charge < -0.3 is 4.42 Å². The predicted molar refractivity (Wildman–Crippen MR) is 97.9 cm³/mol. The van der Waals surface area contributed by atoms with E-state index in [1.54, 1.807) is 0 Å². The molecule has 1 heterocycles. The van der Waals surface area contributed by atoms with Gasteiger partial charge >= 0.3 is 5.63 Å². The highest BCUT2D eigenvalue weighted by molar-refractivity contribution is 6.94. The molecular weight excluding hydrogens is 288 g/mol. The van der Waals surface area contributed by atoms with Crippen molar-refractivity contribution < 1.29 is 4.42 Å². The lowest BCUT2D eigenvalue weighted by molar-refractivity contribution is 0.538. The standard InChI is InChI=1S/C19H28O2Si/c1-12(2)22(13(3)4,14(5)6)19-15(7)16-10-8-9-11-17(16)18(20)21-19/h8-14H,1-7H3. The largest absolute Gasteiger partial charge is 0.432 e. The molecule has 0 spiro atoms. The number of hydrogen-bond donors (Lipinski definition) is 0. The summed E-state index contributed by atoms with van der Waals surface area (Å²) in [5.41, 5.74) is 2.55. The van der Waals surface area contributed by atoms with Crippen molar-refractivity contribution in [2.45, 2.75) is 65.1 Å². The third kappa shape index (κ3) is 2.36. The summed E-state index contributed by atoms with van der Waals surface area (Å²) in [4.78, 5) is 12.5. The van der Waals surface area contributed by atoms with Crippen molar-refractivity contribution in [3.63, 3.8) is 0 Å². The number of aryl methyl sites for hydroxylation is 1. The molecule has 2 rings (SSSR count). The fourth-order valence-electron chi connectivity index (χ4n) is 4.53. The number of rotatable bonds is 4. The molecule has 0 N–H and O–H groups in total. The minimum Gasteiger partial charge on any atom is -0.432 e. The van der Waals surface area contributed by atoms with Crippen LogP contribution in [-0.4, -0.2) is 8.07 Å². The van der Waals surface area contributed by atoms with Gasteiger partial charge in [0.2, 0.25) is 0 Å². The molecule has 0 unspecified atom stereocenters. The van der Waals surface area contributed by atoms with Gasteiger partial charge in [-0.3, -0.25) is 0 Å². The Hall–Kier alpha value is -1.35. The molecule has 0 atom stereocenters. The summed E-state index contributed by atoms with van der Waals surface area (Å²) >= 11 is 0. The van der Waals surface area contributed by atoms with Gasteiger partial charge in [-0.1, -0.05) is 59.7 Å². The Morgan fingerprint density at radius 1 is 0.864 bits per heavy atom. The molecule has 1 aromatic heterocycles. The van der Waals surface area contributed by atoms with Gasteiger partial charge in [0.1, 0.15) is 8.07 Å². The topological polar surface area (TPSA) is 30.2 Å². The van der Waals surface area contributed by atoms with Crippen LogP contribution in [0.4, 0.5) is 0 Å². The van der Waals surface area contributed by atoms with Crippen molar-refractivity contribution in [3.05, 3.63) is 40.2 Å². The zero-order valence-corrected chi connectivity index (χ0v) is 15.9. The molecule has 0 radical (unpaired) electrons. The molecule has 0 bridgehead atoms. The van der Waals surface area contributed by atoms with Gasteiger partial charge in [0.15, 0.2) is 0 Å². The van der Waals surface area contributed by atoms with Gasteiger partial charge in [-0.25, -0.2) is 4.79 Å². The molecule has 1 aromatic carbocycles. The average Bonchev–Trinajstić information content (AvgIpc) is 2.43. The van der Waals surface area contributed by atoms with E-state index >= 15 is 0 Å². The van der Waals surface area contributed by atoms with Crippen molar-refractivity contribution in [1.29, 1.82) is 0 Å². The molecule has 22 heavy (non-hydrogen) atoms. The van der Waals surface area contributed by atoms with Crippen LogP contribution in [0, 0.1) is 6.92 Å². The lowest BCUT2D eigenvalue weighted by Gasteiger charge is -2.42. The molecule has 0 saturated carbocycles. The van der Waals surface area contributed by atoms with Crippen molar-refractivity contribution >= 4 is 24.2 Å². The molecule has 0 aliphatic heterocycles. The summed E-state index contributed by atoms with van der Waals surface area (Å²) in [6.45, 7) is 15.9. The third-order valence-electron chi connectivity index (χ3n) is 5.35. The van der Waals surface area contributed by atoms with Gasteiger partial charge in [-0.05, 0) is 40.6 Å². The van der Waals surface area contributed by atoms with E-state index in [1.165, 1.54) is 0 Å². The molecule has 3 heteroatoms. The van der Waals surface area contributed by atoms with Crippen LogP contribution in [0.5, 0.6) is 0 Å². The van der Waals surface area contributed by atoms with E-state index < -0.39 is 8.07 Å². The Morgan fingerprint density at radius 3 is 1.77 bits per heavy atom. The SMILES string of the molecule is Cc1c([Si](C(C)C)(C(C)C)C(C)C)oc(=O)c2ccccc12. The van der Waals surface area contributed by atoms with Crippen LogP contribution in [0.15, 0.2) is 33.5 Å². The molecule has 0 saturated heterocycles. The van der Waals surface area contributed by atoms with Crippen molar-refractivity contribution in [2.24, 2.45) is 0 Å². The molecule has 120 valence electrons. The molecular formula is C19H28O2Si. The van der Waals surface area contributed by atoms with E-state index in [-0.39, 0.29) is 5.63 Å². The van der Waals surface area contributed by atoms with Gasteiger partial charge in [0.05, 0.1) is 10.8 Å². The van der Waals surface area contributed by atoms with E-state index in [4.69, 9.17) is 4.42 Å². The van der Waals surface area contributed by atoms with E-state index in [1.807, 2.05) is 24.3 Å². The summed E-state index contributed by atoms with van der Waals surface area (Å²) in [7, 11) is -1.96. The Kier molecular flexibility index (Phi) is 4.66. The van der Waals surface area contributed by atoms with Crippen LogP contribution in [-0.2, 0) is 0 Å². The van der Waals surface area contributed by atoms with Crippen molar-refractivity contribution in [1.82, 2.24) is 0 Å². The fourth-order valence-corrected chi connectivity index (χ4v) is 11.2. The summed E-state index contributed by atoms with van der Waals surface area (Å²) < 4.78 is 5.98. The maximum Gasteiger partial charge on any atom is 0.343 e. The molecule has 2 aromatic rings. The predicted octanol–water partition coefficient (Wildman–Crippen LogP) is 4.99. The first-order valence-corrected chi connectivity index (χ1v) is 10.5. The summed E-state index contributed by atoms with van der Waals surface area (Å²) in [5.74, 6) is 0. The van der Waals surface area contributed by atoms with Crippen LogP contribution in [0.3, 0.4) is 0 Å². The Morgan fingerprint density at radius 2 is 1.32 bits per heavy atom. The molecule has 2 nitrogen and oxygen atoms in total. The molecule has 0 aliphatic rings. The smallest absolute Gasteiger partial charge is 0.343 e. The summed E-state index contributed by atoms with van der Waals surface area (Å²) in [5, 5.41) is 2.76.